The fraction of sp³-hybridized carbons (Fsp3) is 0.0377. The Labute approximate surface area is 342 Å². The van der Waals surface area contributed by atoms with Gasteiger partial charge in [-0.2, -0.15) is 0 Å². The van der Waals surface area contributed by atoms with Crippen molar-refractivity contribution in [3.05, 3.63) is 206 Å². The smallest absolute Gasteiger partial charge is 0.114 e. The predicted molar refractivity (Wildman–Crippen MR) is 233 cm³/mol. The lowest BCUT2D eigenvalue weighted by atomic mass is 9.84. The third kappa shape index (κ3) is 5.71. The van der Waals surface area contributed by atoms with Gasteiger partial charge in [-0.25, -0.2) is 4.98 Å². The van der Waals surface area contributed by atoms with Gasteiger partial charge in [0.2, 0.25) is 0 Å². The van der Waals surface area contributed by atoms with Crippen LogP contribution in [0, 0.1) is 0 Å². The van der Waals surface area contributed by atoms with Crippen molar-refractivity contribution < 1.29 is 20.6 Å². The molecule has 0 aliphatic carbocycles. The molecule has 0 N–H and O–H groups in total. The molecule has 0 unspecified atom stereocenters. The summed E-state index contributed by atoms with van der Waals surface area (Å²) in [4.78, 5) is 4.53. The zero-order valence-electron chi connectivity index (χ0n) is 44.2. The summed E-state index contributed by atoms with van der Waals surface area (Å²) in [6, 6.07) is 38.1. The maximum Gasteiger partial charge on any atom is 0.114 e. The Bertz CT molecular complexity index is 3740. The van der Waals surface area contributed by atoms with Gasteiger partial charge in [0.1, 0.15) is 5.82 Å². The maximum atomic E-state index is 8.88. The molecule has 1 heterocycles. The van der Waals surface area contributed by atoms with E-state index >= 15 is 0 Å². The quantitative estimate of drug-likeness (QED) is 0.150. The van der Waals surface area contributed by atoms with Crippen LogP contribution in [0.15, 0.2) is 200 Å². The molecule has 0 fully saturated rings. The van der Waals surface area contributed by atoms with E-state index in [0.717, 1.165) is 32.8 Å². The van der Waals surface area contributed by atoms with Gasteiger partial charge in [-0.05, 0) is 102 Å². The van der Waals surface area contributed by atoms with Crippen molar-refractivity contribution in [2.45, 2.75) is 13.2 Å². The Balaban J connectivity index is 1.21. The number of aryl methyl sites for hydroxylation is 1. The van der Waals surface area contributed by atoms with Crippen LogP contribution < -0.4 is 0 Å². The fourth-order valence-corrected chi connectivity index (χ4v) is 7.66. The average Bonchev–Trinajstić information content (AvgIpc) is 3.76. The van der Waals surface area contributed by atoms with Gasteiger partial charge in [-0.3, -0.25) is 4.57 Å². The molecule has 260 valence electrons. The Morgan fingerprint density at radius 1 is 0.491 bits per heavy atom. The van der Waals surface area contributed by atoms with E-state index < -0.39 is 49.5 Å². The molecule has 2 heteroatoms. The van der Waals surface area contributed by atoms with Crippen LogP contribution in [0.2, 0.25) is 0 Å². The normalized spacial score (nSPS) is 15.8. The lowest BCUT2D eigenvalue weighted by molar-refractivity contribution is 0.909. The lowest BCUT2D eigenvalue weighted by Crippen LogP contribution is -2.02. The molecule has 2 nitrogen and oxygen atoms in total. The largest absolute Gasteiger partial charge is 0.296 e. The first-order valence-electron chi connectivity index (χ1n) is 25.2. The molecule has 0 spiro atoms. The molecular weight excluding hydrogens is 665 g/mol. The topological polar surface area (TPSA) is 17.8 Å². The first kappa shape index (κ1) is 20.4. The van der Waals surface area contributed by atoms with Crippen molar-refractivity contribution in [3.8, 4) is 61.3 Å². The summed E-state index contributed by atoms with van der Waals surface area (Å²) in [5.74, 6) is -0.252. The Kier molecular flexibility index (Phi) is 5.11. The number of nitrogens with zero attached hydrogens (tertiary/aromatic N) is 2. The van der Waals surface area contributed by atoms with Crippen LogP contribution in [0.3, 0.4) is 0 Å². The van der Waals surface area contributed by atoms with Crippen molar-refractivity contribution in [1.82, 2.24) is 9.55 Å². The molecule has 1 aromatic heterocycles. The van der Waals surface area contributed by atoms with Gasteiger partial charge in [-0.1, -0.05) is 176 Å². The van der Waals surface area contributed by atoms with Crippen molar-refractivity contribution in [1.29, 1.82) is 0 Å². The monoisotopic (exact) mass is 717 g/mol. The van der Waals surface area contributed by atoms with Crippen LogP contribution in [0.5, 0.6) is 0 Å². The van der Waals surface area contributed by atoms with Gasteiger partial charge in [0.05, 0.1) is 30.4 Å². The van der Waals surface area contributed by atoms with E-state index in [2.05, 4.69) is 4.98 Å². The summed E-state index contributed by atoms with van der Waals surface area (Å²) in [5.41, 5.74) is 6.69. The van der Waals surface area contributed by atoms with E-state index in [9.17, 15) is 0 Å². The molecule has 0 saturated heterocycles. The van der Waals surface area contributed by atoms with Gasteiger partial charge in [-0.15, -0.1) is 0 Å². The molecule has 55 heavy (non-hydrogen) atoms. The van der Waals surface area contributed by atoms with Gasteiger partial charge in [0.15, 0.2) is 0 Å². The van der Waals surface area contributed by atoms with E-state index in [1.807, 2.05) is 72.8 Å². The molecule has 10 aromatic rings. The van der Waals surface area contributed by atoms with Gasteiger partial charge in [0.25, 0.3) is 0 Å². The molecule has 0 aliphatic heterocycles. The van der Waals surface area contributed by atoms with E-state index in [0.29, 0.717) is 49.9 Å². The number of hydrogen-bond acceptors (Lipinski definition) is 1. The SMILES string of the molecule is [2H]c1c([2H])c([2H])c(-c2cccc(-c3c4ccccc4c(-c4ccc(-c5ccccc5-n5c(C([2H])([2H])C([2H])([2H])[2H])nc6ccccc65)cc4)c4ccc(-c5c([2H])c([2H])c([2H])c([2H])c5[2H])cc34)c2)c([2H])c1[2H]. The summed E-state index contributed by atoms with van der Waals surface area (Å²) in [5, 5.41) is 3.00. The number of imidazole rings is 1. The Morgan fingerprint density at radius 2 is 1.07 bits per heavy atom. The highest BCUT2D eigenvalue weighted by atomic mass is 15.1. The highest BCUT2D eigenvalue weighted by molar-refractivity contribution is 6.22. The van der Waals surface area contributed by atoms with Crippen LogP contribution in [0.4, 0.5) is 0 Å². The second-order valence-corrected chi connectivity index (χ2v) is 13.1. The molecule has 0 radical (unpaired) electrons. The molecular formula is C53H38N2. The average molecular weight is 718 g/mol. The van der Waals surface area contributed by atoms with Crippen molar-refractivity contribution in [2.75, 3.05) is 0 Å². The van der Waals surface area contributed by atoms with Crippen LogP contribution in [0.1, 0.15) is 33.2 Å². The number of rotatable bonds is 7. The first-order valence-corrected chi connectivity index (χ1v) is 17.7. The maximum absolute atomic E-state index is 8.88. The van der Waals surface area contributed by atoms with Crippen LogP contribution in [-0.4, -0.2) is 9.55 Å². The fourth-order valence-electron chi connectivity index (χ4n) is 7.66. The first-order chi connectivity index (χ1) is 33.3. The number of aromatic nitrogens is 2. The summed E-state index contributed by atoms with van der Waals surface area (Å²) in [6.07, 6.45) is -2.80. The summed E-state index contributed by atoms with van der Waals surface area (Å²) < 4.78 is 129. The zero-order valence-corrected chi connectivity index (χ0v) is 29.2. The summed E-state index contributed by atoms with van der Waals surface area (Å²) >= 11 is 0. The summed E-state index contributed by atoms with van der Waals surface area (Å²) in [7, 11) is 0. The highest BCUT2D eigenvalue weighted by Crippen LogP contribution is 2.46. The Hall–Kier alpha value is -7.03. The van der Waals surface area contributed by atoms with Gasteiger partial charge >= 0.3 is 0 Å². The van der Waals surface area contributed by atoms with Crippen molar-refractivity contribution in [3.63, 3.8) is 0 Å². The van der Waals surface area contributed by atoms with E-state index in [-0.39, 0.29) is 41.1 Å². The minimum absolute atomic E-state index is 0.0187. The molecule has 0 aliphatic rings. The van der Waals surface area contributed by atoms with E-state index in [4.69, 9.17) is 20.6 Å². The third-order valence-electron chi connectivity index (χ3n) is 10.1. The zero-order chi connectivity index (χ0) is 49.7. The van der Waals surface area contributed by atoms with E-state index in [1.54, 1.807) is 71.3 Å². The number of para-hydroxylation sites is 3. The Morgan fingerprint density at radius 3 is 1.82 bits per heavy atom. The standard InChI is InChI=1S/C53H38N2/c1-2-51-54-48-25-12-14-27-50(48)55(51)49-26-13-11-22-43(49)38-28-30-39(31-29-38)52-44-23-9-10-24-45(44)53(42-21-15-20-40(34-42)36-16-5-3-6-17-36)47-35-41(32-33-46(47)52)37-18-7-4-8-19-37/h3-35H,2H2,1H3/i1D3,2D2,3D,4D,5D,6D,7D,8D,16D,17D,18D,19D. The number of hydrogen-bond donors (Lipinski definition) is 0. The molecule has 0 bridgehead atoms. The highest BCUT2D eigenvalue weighted by Gasteiger charge is 2.19. The molecule has 0 atom stereocenters. The molecule has 9 aromatic carbocycles. The van der Waals surface area contributed by atoms with Crippen molar-refractivity contribution in [2.24, 2.45) is 0 Å². The van der Waals surface area contributed by atoms with Gasteiger partial charge < -0.3 is 0 Å². The molecule has 0 saturated carbocycles. The predicted octanol–water partition coefficient (Wildman–Crippen LogP) is 14.2. The van der Waals surface area contributed by atoms with Crippen LogP contribution in [0.25, 0.3) is 93.9 Å². The van der Waals surface area contributed by atoms with Gasteiger partial charge in [0, 0.05) is 18.8 Å². The van der Waals surface area contributed by atoms with Crippen LogP contribution in [-0.2, 0) is 6.37 Å². The minimum atomic E-state index is -3.02. The van der Waals surface area contributed by atoms with Crippen molar-refractivity contribution >= 4 is 32.6 Å². The second-order valence-electron chi connectivity index (χ2n) is 13.1. The van der Waals surface area contributed by atoms with E-state index in [1.165, 1.54) is 0 Å². The van der Waals surface area contributed by atoms with Crippen LogP contribution >= 0.6 is 0 Å². The minimum Gasteiger partial charge on any atom is -0.296 e. The second kappa shape index (κ2) is 13.7. The summed E-state index contributed by atoms with van der Waals surface area (Å²) in [6.45, 7) is -3.02. The number of benzene rings is 9. The molecule has 0 amide bonds. The number of fused-ring (bicyclic) bond motifs is 3. The molecule has 10 rings (SSSR count). The lowest BCUT2D eigenvalue weighted by Gasteiger charge is -2.19. The third-order valence-corrected chi connectivity index (χ3v) is 10.1.